The topological polar surface area (TPSA) is 116 Å². The van der Waals surface area contributed by atoms with E-state index in [4.69, 9.17) is 9.47 Å². The van der Waals surface area contributed by atoms with Gasteiger partial charge in [0.25, 0.3) is 0 Å². The minimum absolute atomic E-state index is 0.0808. The third-order valence-corrected chi connectivity index (χ3v) is 10.4. The Kier molecular flexibility index (Phi) is 5.34. The second-order valence-electron chi connectivity index (χ2n) is 11.8. The number of fused-ring (bicyclic) bond motifs is 3. The number of aliphatic hydroxyl groups excluding tert-OH is 3. The molecule has 5 aliphatic rings. The fourth-order valence-corrected chi connectivity index (χ4v) is 8.84. The molecule has 0 aromatic carbocycles. The van der Waals surface area contributed by atoms with Gasteiger partial charge in [0.15, 0.2) is 6.29 Å². The summed E-state index contributed by atoms with van der Waals surface area (Å²) in [7, 11) is 0. The van der Waals surface area contributed by atoms with Crippen LogP contribution in [0.4, 0.5) is 0 Å². The van der Waals surface area contributed by atoms with Gasteiger partial charge in [-0.15, -0.1) is 0 Å². The Morgan fingerprint density at radius 1 is 1.06 bits per heavy atom. The molecule has 5 rings (SSSR count). The van der Waals surface area contributed by atoms with E-state index in [0.29, 0.717) is 11.8 Å². The van der Waals surface area contributed by atoms with Crippen LogP contribution >= 0.6 is 0 Å². The van der Waals surface area contributed by atoms with Crippen molar-refractivity contribution < 1.29 is 34.7 Å². The Balaban J connectivity index is 1.48. The number of rotatable bonds is 3. The number of hydrogen-bond acceptors (Lipinski definition) is 6. The monoisotopic (exact) mass is 450 g/mol. The molecule has 2 bridgehead atoms. The summed E-state index contributed by atoms with van der Waals surface area (Å²) in [6, 6.07) is 0. The second-order valence-corrected chi connectivity index (χ2v) is 11.8. The zero-order chi connectivity index (χ0) is 23.1. The lowest BCUT2D eigenvalue weighted by atomic mass is 9.40. The van der Waals surface area contributed by atoms with Crippen molar-refractivity contribution in [3.05, 3.63) is 12.2 Å². The van der Waals surface area contributed by atoms with Gasteiger partial charge in [0, 0.05) is 5.41 Å². The lowest BCUT2D eigenvalue weighted by Crippen LogP contribution is -2.61. The second kappa shape index (κ2) is 7.51. The number of aliphatic carboxylic acids is 1. The molecule has 11 atom stereocenters. The first kappa shape index (κ1) is 22.8. The first-order valence-electron chi connectivity index (χ1n) is 12.3. The van der Waals surface area contributed by atoms with Crippen LogP contribution in [0.3, 0.4) is 0 Å². The van der Waals surface area contributed by atoms with Gasteiger partial charge in [0.05, 0.1) is 18.1 Å². The van der Waals surface area contributed by atoms with Crippen LogP contribution < -0.4 is 0 Å². The van der Waals surface area contributed by atoms with Crippen molar-refractivity contribution in [2.75, 3.05) is 6.61 Å². The van der Waals surface area contributed by atoms with E-state index in [9.17, 15) is 25.2 Å². The highest BCUT2D eigenvalue weighted by molar-refractivity contribution is 5.75. The maximum atomic E-state index is 12.3. The largest absolute Gasteiger partial charge is 0.481 e. The molecule has 1 saturated heterocycles. The molecule has 0 aromatic heterocycles. The number of hydrogen-bond donors (Lipinski definition) is 4. The third-order valence-electron chi connectivity index (χ3n) is 10.4. The van der Waals surface area contributed by atoms with Crippen molar-refractivity contribution in [3.63, 3.8) is 0 Å². The van der Waals surface area contributed by atoms with Crippen molar-refractivity contribution in [2.24, 2.45) is 34.0 Å². The molecule has 180 valence electrons. The molecule has 0 unspecified atom stereocenters. The molecule has 4 saturated carbocycles. The fraction of sp³-hybridized carbons (Fsp3) is 0.880. The SMILES string of the molecule is C=C1[C@@H]2CC[C@H]3[C@]4(C)CCC[C@@](C)(C(=O)O)[C@H]4CC[C@]3(C2)[C@@H]1O[C@@H]1OC[C@H](O)[C@H](O)[C@H]1O. The third kappa shape index (κ3) is 2.94. The minimum Gasteiger partial charge on any atom is -0.481 e. The van der Waals surface area contributed by atoms with Crippen LogP contribution in [0.15, 0.2) is 12.2 Å². The number of carboxylic acids is 1. The van der Waals surface area contributed by atoms with E-state index < -0.39 is 36.0 Å². The molecular formula is C25H38O7. The summed E-state index contributed by atoms with van der Waals surface area (Å²) in [5.41, 5.74) is 0.123. The average Bonchev–Trinajstić information content (AvgIpc) is 2.93. The summed E-state index contributed by atoms with van der Waals surface area (Å²) < 4.78 is 12.0. The van der Waals surface area contributed by atoms with Crippen molar-refractivity contribution >= 4 is 5.97 Å². The van der Waals surface area contributed by atoms with Crippen LogP contribution in [-0.4, -0.2) is 63.7 Å². The predicted octanol–water partition coefficient (Wildman–Crippen LogP) is 2.47. The number of aliphatic hydroxyl groups is 3. The maximum Gasteiger partial charge on any atom is 0.309 e. The first-order valence-corrected chi connectivity index (χ1v) is 12.3. The molecule has 7 nitrogen and oxygen atoms in total. The van der Waals surface area contributed by atoms with Gasteiger partial charge < -0.3 is 29.9 Å². The Morgan fingerprint density at radius 3 is 2.53 bits per heavy atom. The summed E-state index contributed by atoms with van der Waals surface area (Å²) >= 11 is 0. The van der Waals surface area contributed by atoms with Crippen LogP contribution in [0.5, 0.6) is 0 Å². The average molecular weight is 451 g/mol. The van der Waals surface area contributed by atoms with Crippen molar-refractivity contribution in [1.82, 2.24) is 0 Å². The van der Waals surface area contributed by atoms with Crippen LogP contribution in [0.25, 0.3) is 0 Å². The van der Waals surface area contributed by atoms with Crippen LogP contribution in [-0.2, 0) is 14.3 Å². The van der Waals surface area contributed by atoms with E-state index in [1.807, 2.05) is 6.92 Å². The highest BCUT2D eigenvalue weighted by Crippen LogP contribution is 2.72. The Bertz CT molecular complexity index is 799. The highest BCUT2D eigenvalue weighted by Gasteiger charge is 2.68. The summed E-state index contributed by atoms with van der Waals surface area (Å²) in [5, 5.41) is 40.6. The molecular weight excluding hydrogens is 412 g/mol. The van der Waals surface area contributed by atoms with Crippen LogP contribution in [0.1, 0.15) is 65.2 Å². The van der Waals surface area contributed by atoms with Gasteiger partial charge in [-0.25, -0.2) is 0 Å². The first-order chi connectivity index (χ1) is 15.0. The van der Waals surface area contributed by atoms with E-state index in [0.717, 1.165) is 56.9 Å². The quantitative estimate of drug-likeness (QED) is 0.488. The standard InChI is InChI=1S/C25H38O7/c1-13-14-5-6-17-23(2)8-4-9-24(3,22(29)30)16(23)7-10-25(17,11-14)20(13)32-21-19(28)18(27)15(26)12-31-21/h14-21,26-28H,1,4-12H2,2-3H3,(H,29,30)/t14-,15+,16+,17+,18+,19-,20-,21+,23-,24-,25-/m1/s1. The predicted molar refractivity (Wildman–Crippen MR) is 115 cm³/mol. The smallest absolute Gasteiger partial charge is 0.309 e. The molecule has 1 aliphatic heterocycles. The summed E-state index contributed by atoms with van der Waals surface area (Å²) in [4.78, 5) is 12.3. The zero-order valence-corrected chi connectivity index (χ0v) is 19.2. The van der Waals surface area contributed by atoms with Gasteiger partial charge in [-0.2, -0.15) is 0 Å². The van der Waals surface area contributed by atoms with Gasteiger partial charge in [0.1, 0.15) is 18.3 Å². The molecule has 5 fully saturated rings. The van der Waals surface area contributed by atoms with E-state index in [1.165, 1.54) is 0 Å². The van der Waals surface area contributed by atoms with Gasteiger partial charge in [-0.1, -0.05) is 19.9 Å². The van der Waals surface area contributed by atoms with E-state index in [2.05, 4.69) is 13.5 Å². The van der Waals surface area contributed by atoms with Gasteiger partial charge in [-0.05, 0) is 80.6 Å². The number of ether oxygens (including phenoxy) is 2. The fourth-order valence-electron chi connectivity index (χ4n) is 8.84. The van der Waals surface area contributed by atoms with Gasteiger partial charge >= 0.3 is 5.97 Å². The molecule has 0 aromatic rings. The summed E-state index contributed by atoms with van der Waals surface area (Å²) in [6.07, 6.45) is 2.43. The molecule has 4 N–H and O–H groups in total. The number of carbonyl (C=O) groups is 1. The van der Waals surface area contributed by atoms with E-state index in [1.54, 1.807) is 0 Å². The zero-order valence-electron chi connectivity index (χ0n) is 19.2. The van der Waals surface area contributed by atoms with Crippen molar-refractivity contribution in [1.29, 1.82) is 0 Å². The lowest BCUT2D eigenvalue weighted by Gasteiger charge is -2.64. The Morgan fingerprint density at radius 2 is 1.81 bits per heavy atom. The molecule has 1 spiro atoms. The Labute approximate surface area is 189 Å². The highest BCUT2D eigenvalue weighted by atomic mass is 16.7. The van der Waals surface area contributed by atoms with Crippen molar-refractivity contribution in [2.45, 2.75) is 95.9 Å². The maximum absolute atomic E-state index is 12.3. The van der Waals surface area contributed by atoms with E-state index in [-0.39, 0.29) is 29.5 Å². The molecule has 4 aliphatic carbocycles. The minimum atomic E-state index is -1.32. The molecule has 0 radical (unpaired) electrons. The lowest BCUT2D eigenvalue weighted by molar-refractivity contribution is -0.295. The van der Waals surface area contributed by atoms with Crippen molar-refractivity contribution in [3.8, 4) is 0 Å². The van der Waals surface area contributed by atoms with Crippen LogP contribution in [0, 0.1) is 34.0 Å². The normalized spacial score (nSPS) is 55.2. The van der Waals surface area contributed by atoms with Crippen LogP contribution in [0.2, 0.25) is 0 Å². The molecule has 32 heavy (non-hydrogen) atoms. The molecule has 7 heteroatoms. The summed E-state index contributed by atoms with van der Waals surface area (Å²) in [6.45, 7) is 8.58. The van der Waals surface area contributed by atoms with Gasteiger partial charge in [0.2, 0.25) is 0 Å². The Hall–Kier alpha value is -0.990. The molecule has 0 amide bonds. The number of carboxylic acid groups (broad SMARTS) is 1. The molecule has 1 heterocycles. The van der Waals surface area contributed by atoms with Gasteiger partial charge in [-0.3, -0.25) is 4.79 Å². The summed E-state index contributed by atoms with van der Waals surface area (Å²) in [5.74, 6) is 0.149. The van der Waals surface area contributed by atoms with E-state index >= 15 is 0 Å².